The first-order chi connectivity index (χ1) is 9.01. The van der Waals surface area contributed by atoms with Gasteiger partial charge in [0.05, 0.1) is 10.9 Å². The molecule has 0 radical (unpaired) electrons. The standard InChI is InChI=1S/C14H22N2O2S.H3N/c1-12(2)11-16(13-6-4-3-5-7-13)19(17,18)14-8-9-15-10-14;/h3-7,12,14-15H,8-11H2,1-2H3;1H3. The van der Waals surface area contributed by atoms with Gasteiger partial charge in [0.15, 0.2) is 0 Å². The van der Waals surface area contributed by atoms with Crippen LogP contribution in [0.25, 0.3) is 0 Å². The number of rotatable bonds is 5. The third-order valence-corrected chi connectivity index (χ3v) is 5.54. The monoisotopic (exact) mass is 299 g/mol. The summed E-state index contributed by atoms with van der Waals surface area (Å²) in [5, 5.41) is 2.83. The number of nitrogens with one attached hydrogen (secondary N) is 1. The molecule has 6 heteroatoms. The van der Waals surface area contributed by atoms with Crippen molar-refractivity contribution in [3.8, 4) is 0 Å². The van der Waals surface area contributed by atoms with E-state index in [1.54, 1.807) is 4.31 Å². The second kappa shape index (κ2) is 7.06. The fraction of sp³-hybridized carbons (Fsp3) is 0.571. The van der Waals surface area contributed by atoms with E-state index in [4.69, 9.17) is 0 Å². The average Bonchev–Trinajstić information content (AvgIpc) is 2.91. The van der Waals surface area contributed by atoms with Gasteiger partial charge in [0, 0.05) is 13.1 Å². The van der Waals surface area contributed by atoms with Gasteiger partial charge in [-0.25, -0.2) is 8.42 Å². The molecule has 1 saturated heterocycles. The van der Waals surface area contributed by atoms with Crippen molar-refractivity contribution in [2.24, 2.45) is 5.92 Å². The topological polar surface area (TPSA) is 84.4 Å². The lowest BCUT2D eigenvalue weighted by Gasteiger charge is -2.28. The van der Waals surface area contributed by atoms with Crippen molar-refractivity contribution in [3.05, 3.63) is 30.3 Å². The largest absolute Gasteiger partial charge is 0.344 e. The molecule has 1 aliphatic rings. The highest BCUT2D eigenvalue weighted by Crippen LogP contribution is 2.24. The van der Waals surface area contributed by atoms with E-state index in [2.05, 4.69) is 5.32 Å². The summed E-state index contributed by atoms with van der Waals surface area (Å²) >= 11 is 0. The summed E-state index contributed by atoms with van der Waals surface area (Å²) in [6, 6.07) is 9.39. The zero-order chi connectivity index (χ0) is 13.9. The molecule has 5 nitrogen and oxygen atoms in total. The molecular formula is C14H25N3O2S. The third kappa shape index (κ3) is 3.71. The molecule has 0 amide bonds. The molecule has 1 atom stereocenters. The summed E-state index contributed by atoms with van der Waals surface area (Å²) < 4.78 is 27.1. The number of anilines is 1. The first kappa shape index (κ1) is 16.9. The minimum Gasteiger partial charge on any atom is -0.344 e. The van der Waals surface area contributed by atoms with Crippen LogP contribution in [0.15, 0.2) is 30.3 Å². The summed E-state index contributed by atoms with van der Waals surface area (Å²) in [4.78, 5) is 0. The van der Waals surface area contributed by atoms with Crippen LogP contribution in [0, 0.1) is 5.92 Å². The Hall–Kier alpha value is -1.11. The highest BCUT2D eigenvalue weighted by atomic mass is 32.2. The molecule has 0 bridgehead atoms. The lowest BCUT2D eigenvalue weighted by atomic mass is 10.2. The molecular weight excluding hydrogens is 274 g/mol. The average molecular weight is 299 g/mol. The van der Waals surface area contributed by atoms with Gasteiger partial charge in [0.25, 0.3) is 0 Å². The Morgan fingerprint density at radius 2 is 1.95 bits per heavy atom. The van der Waals surface area contributed by atoms with E-state index < -0.39 is 10.0 Å². The maximum atomic E-state index is 12.8. The lowest BCUT2D eigenvalue weighted by Crippen LogP contribution is -2.41. The van der Waals surface area contributed by atoms with Gasteiger partial charge >= 0.3 is 0 Å². The summed E-state index contributed by atoms with van der Waals surface area (Å²) in [5.41, 5.74) is 0.767. The van der Waals surface area contributed by atoms with Crippen LogP contribution in [0.5, 0.6) is 0 Å². The molecule has 1 unspecified atom stereocenters. The molecule has 1 aromatic rings. The Labute approximate surface area is 122 Å². The van der Waals surface area contributed by atoms with Crippen molar-refractivity contribution in [1.29, 1.82) is 0 Å². The Morgan fingerprint density at radius 1 is 1.30 bits per heavy atom. The maximum Gasteiger partial charge on any atom is 0.239 e. The molecule has 0 aromatic heterocycles. The van der Waals surface area contributed by atoms with Crippen LogP contribution in [-0.2, 0) is 10.0 Å². The van der Waals surface area contributed by atoms with E-state index in [1.807, 2.05) is 44.2 Å². The second-order valence-electron chi connectivity index (χ2n) is 5.42. The van der Waals surface area contributed by atoms with Gasteiger partial charge in [-0.15, -0.1) is 0 Å². The van der Waals surface area contributed by atoms with Crippen LogP contribution >= 0.6 is 0 Å². The van der Waals surface area contributed by atoms with Crippen molar-refractivity contribution in [1.82, 2.24) is 11.5 Å². The van der Waals surface area contributed by atoms with Gasteiger partial charge in [0.2, 0.25) is 10.0 Å². The molecule has 0 spiro atoms. The van der Waals surface area contributed by atoms with Crippen LogP contribution in [-0.4, -0.2) is 33.3 Å². The predicted molar refractivity (Wildman–Crippen MR) is 83.8 cm³/mol. The molecule has 1 aromatic carbocycles. The highest BCUT2D eigenvalue weighted by molar-refractivity contribution is 7.93. The van der Waals surface area contributed by atoms with Crippen LogP contribution in [0.2, 0.25) is 0 Å². The molecule has 2 rings (SSSR count). The smallest absolute Gasteiger partial charge is 0.239 e. The fourth-order valence-electron chi connectivity index (χ4n) is 2.34. The minimum absolute atomic E-state index is 0. The molecule has 0 saturated carbocycles. The van der Waals surface area contributed by atoms with Gasteiger partial charge in [-0.1, -0.05) is 32.0 Å². The maximum absolute atomic E-state index is 12.8. The van der Waals surface area contributed by atoms with E-state index in [1.165, 1.54) is 0 Å². The summed E-state index contributed by atoms with van der Waals surface area (Å²) in [7, 11) is -3.28. The third-order valence-electron chi connectivity index (χ3n) is 3.32. The van der Waals surface area contributed by atoms with Crippen molar-refractivity contribution in [3.63, 3.8) is 0 Å². The molecule has 1 fully saturated rings. The fourth-order valence-corrected chi connectivity index (χ4v) is 4.37. The van der Waals surface area contributed by atoms with E-state index >= 15 is 0 Å². The Kier molecular flexibility index (Phi) is 5.98. The SMILES string of the molecule is CC(C)CN(c1ccccc1)S(=O)(=O)C1CCNC1.N. The minimum atomic E-state index is -3.28. The number of nitrogens with zero attached hydrogens (tertiary/aromatic N) is 1. The second-order valence-corrected chi connectivity index (χ2v) is 7.56. The molecule has 1 aliphatic heterocycles. The van der Waals surface area contributed by atoms with Gasteiger partial charge in [-0.2, -0.15) is 0 Å². The van der Waals surface area contributed by atoms with Crippen LogP contribution in [0.1, 0.15) is 20.3 Å². The Morgan fingerprint density at radius 3 is 2.45 bits per heavy atom. The lowest BCUT2D eigenvalue weighted by molar-refractivity contribution is 0.566. The molecule has 4 N–H and O–H groups in total. The highest BCUT2D eigenvalue weighted by Gasteiger charge is 2.34. The van der Waals surface area contributed by atoms with Crippen LogP contribution < -0.4 is 15.8 Å². The van der Waals surface area contributed by atoms with Gasteiger partial charge in [-0.3, -0.25) is 4.31 Å². The number of hydrogen-bond acceptors (Lipinski definition) is 4. The first-order valence-electron chi connectivity index (χ1n) is 6.79. The van der Waals surface area contributed by atoms with Crippen molar-refractivity contribution >= 4 is 15.7 Å². The number of benzene rings is 1. The molecule has 114 valence electrons. The normalized spacial score (nSPS) is 18.9. The Bertz CT molecular complexity index is 496. The van der Waals surface area contributed by atoms with Crippen molar-refractivity contribution in [2.45, 2.75) is 25.5 Å². The summed E-state index contributed by atoms with van der Waals surface area (Å²) in [6.45, 7) is 5.96. The number of sulfonamides is 1. The molecule has 0 aliphatic carbocycles. The molecule has 1 heterocycles. The Balaban J connectivity index is 0.00000200. The quantitative estimate of drug-likeness (QED) is 0.871. The van der Waals surface area contributed by atoms with Crippen molar-refractivity contribution < 1.29 is 8.42 Å². The van der Waals surface area contributed by atoms with Gasteiger partial charge in [-0.05, 0) is 31.0 Å². The summed E-state index contributed by atoms with van der Waals surface area (Å²) in [6.07, 6.45) is 0.698. The number of para-hydroxylation sites is 1. The summed E-state index contributed by atoms with van der Waals surface area (Å²) in [5.74, 6) is 0.296. The van der Waals surface area contributed by atoms with Crippen molar-refractivity contribution in [2.75, 3.05) is 23.9 Å². The first-order valence-corrected chi connectivity index (χ1v) is 8.29. The zero-order valence-electron chi connectivity index (χ0n) is 12.2. The zero-order valence-corrected chi connectivity index (χ0v) is 13.1. The van der Waals surface area contributed by atoms with E-state index in [0.717, 1.165) is 12.2 Å². The predicted octanol–water partition coefficient (Wildman–Crippen LogP) is 2.00. The van der Waals surface area contributed by atoms with Crippen LogP contribution in [0.4, 0.5) is 5.69 Å². The van der Waals surface area contributed by atoms with E-state index in [-0.39, 0.29) is 11.4 Å². The van der Waals surface area contributed by atoms with E-state index in [9.17, 15) is 8.42 Å². The van der Waals surface area contributed by atoms with E-state index in [0.29, 0.717) is 25.4 Å². The van der Waals surface area contributed by atoms with Crippen LogP contribution in [0.3, 0.4) is 0 Å². The van der Waals surface area contributed by atoms with Gasteiger partial charge in [0.1, 0.15) is 0 Å². The van der Waals surface area contributed by atoms with Gasteiger partial charge < -0.3 is 11.5 Å². The molecule has 20 heavy (non-hydrogen) atoms. The number of hydrogen-bond donors (Lipinski definition) is 2.